The summed E-state index contributed by atoms with van der Waals surface area (Å²) < 4.78 is 5.19. The highest BCUT2D eigenvalue weighted by Crippen LogP contribution is 2.20. The fraction of sp³-hybridized carbons (Fsp3) is 0.333. The number of anilines is 1. The van der Waals surface area contributed by atoms with E-state index >= 15 is 0 Å². The van der Waals surface area contributed by atoms with E-state index in [0.29, 0.717) is 6.42 Å². The van der Waals surface area contributed by atoms with Gasteiger partial charge in [0.25, 0.3) is 0 Å². The van der Waals surface area contributed by atoms with Crippen molar-refractivity contribution in [1.82, 2.24) is 9.88 Å². The second-order valence-corrected chi connectivity index (χ2v) is 5.60. The first-order chi connectivity index (χ1) is 11.3. The second-order valence-electron chi connectivity index (χ2n) is 5.60. The van der Waals surface area contributed by atoms with E-state index in [0.717, 1.165) is 37.5 Å². The van der Waals surface area contributed by atoms with Crippen molar-refractivity contribution in [2.75, 3.05) is 38.2 Å². The predicted molar refractivity (Wildman–Crippen MR) is 89.7 cm³/mol. The van der Waals surface area contributed by atoms with Gasteiger partial charge in [-0.1, -0.05) is 0 Å². The minimum atomic E-state index is 0.186. The van der Waals surface area contributed by atoms with Crippen molar-refractivity contribution < 1.29 is 9.53 Å². The Morgan fingerprint density at radius 1 is 1.04 bits per heavy atom. The number of nitrogens with zero attached hydrogens (tertiary/aromatic N) is 3. The quantitative estimate of drug-likeness (QED) is 0.866. The summed E-state index contributed by atoms with van der Waals surface area (Å²) in [5.41, 5.74) is 2.19. The molecule has 0 unspecified atom stereocenters. The number of hydrogen-bond donors (Lipinski definition) is 0. The summed E-state index contributed by atoms with van der Waals surface area (Å²) in [7, 11) is 1.67. The molecule has 0 aliphatic carbocycles. The third-order valence-electron chi connectivity index (χ3n) is 4.17. The van der Waals surface area contributed by atoms with E-state index in [1.54, 1.807) is 19.5 Å². The van der Waals surface area contributed by atoms with Crippen LogP contribution < -0.4 is 9.64 Å². The maximum atomic E-state index is 12.4. The molecule has 3 rings (SSSR count). The van der Waals surface area contributed by atoms with Gasteiger partial charge in [0.2, 0.25) is 5.91 Å². The maximum absolute atomic E-state index is 12.4. The summed E-state index contributed by atoms with van der Waals surface area (Å²) in [5.74, 6) is 1.05. The summed E-state index contributed by atoms with van der Waals surface area (Å²) in [6, 6.07) is 11.9. The van der Waals surface area contributed by atoms with Crippen LogP contribution in [0.5, 0.6) is 5.75 Å². The minimum Gasteiger partial charge on any atom is -0.497 e. The van der Waals surface area contributed by atoms with Crippen LogP contribution in [0.1, 0.15) is 5.56 Å². The monoisotopic (exact) mass is 311 g/mol. The zero-order valence-corrected chi connectivity index (χ0v) is 13.3. The predicted octanol–water partition coefficient (Wildman–Crippen LogP) is 1.98. The molecule has 5 nitrogen and oxygen atoms in total. The van der Waals surface area contributed by atoms with Gasteiger partial charge in [0.05, 0.1) is 13.5 Å². The summed E-state index contributed by atoms with van der Waals surface area (Å²) in [4.78, 5) is 20.6. The normalized spacial score (nSPS) is 14.7. The number of hydrogen-bond acceptors (Lipinski definition) is 4. The first kappa shape index (κ1) is 15.3. The lowest BCUT2D eigenvalue weighted by atomic mass is 10.1. The van der Waals surface area contributed by atoms with Gasteiger partial charge < -0.3 is 14.5 Å². The molecule has 1 aliphatic heterocycles. The highest BCUT2D eigenvalue weighted by molar-refractivity contribution is 5.79. The van der Waals surface area contributed by atoms with Crippen LogP contribution in [0.4, 0.5) is 5.69 Å². The van der Waals surface area contributed by atoms with E-state index < -0.39 is 0 Å². The molecule has 0 radical (unpaired) electrons. The number of benzene rings is 1. The Labute approximate surface area is 136 Å². The first-order valence-electron chi connectivity index (χ1n) is 7.82. The van der Waals surface area contributed by atoms with Gasteiger partial charge in [-0.15, -0.1) is 0 Å². The van der Waals surface area contributed by atoms with Gasteiger partial charge in [-0.2, -0.15) is 0 Å². The van der Waals surface area contributed by atoms with E-state index in [1.165, 1.54) is 5.69 Å². The Bertz CT molecular complexity index is 635. The van der Waals surface area contributed by atoms with Crippen LogP contribution in [0, 0.1) is 0 Å². The number of methoxy groups -OCH3 is 1. The Kier molecular flexibility index (Phi) is 4.76. The fourth-order valence-electron chi connectivity index (χ4n) is 2.79. The van der Waals surface area contributed by atoms with E-state index in [4.69, 9.17) is 4.74 Å². The number of pyridine rings is 1. The Balaban J connectivity index is 1.54. The van der Waals surface area contributed by atoms with Crippen LogP contribution in [0.25, 0.3) is 0 Å². The first-order valence-corrected chi connectivity index (χ1v) is 7.82. The van der Waals surface area contributed by atoms with Crippen molar-refractivity contribution in [2.45, 2.75) is 6.42 Å². The van der Waals surface area contributed by atoms with Gasteiger partial charge in [0.15, 0.2) is 0 Å². The zero-order chi connectivity index (χ0) is 16.1. The molecule has 0 bridgehead atoms. The zero-order valence-electron chi connectivity index (χ0n) is 13.3. The molecular formula is C18H21N3O2. The van der Waals surface area contributed by atoms with Crippen LogP contribution in [0.15, 0.2) is 48.8 Å². The molecule has 1 aromatic heterocycles. The summed E-state index contributed by atoms with van der Waals surface area (Å²) >= 11 is 0. The number of carbonyl (C=O) groups excluding carboxylic acids is 1. The molecule has 1 aliphatic rings. The van der Waals surface area contributed by atoms with Gasteiger partial charge in [-0.3, -0.25) is 9.78 Å². The van der Waals surface area contributed by atoms with Crippen molar-refractivity contribution in [1.29, 1.82) is 0 Å². The Morgan fingerprint density at radius 2 is 1.70 bits per heavy atom. The van der Waals surface area contributed by atoms with Crippen LogP contribution >= 0.6 is 0 Å². The van der Waals surface area contributed by atoms with Crippen LogP contribution in [0.2, 0.25) is 0 Å². The molecule has 1 saturated heterocycles. The van der Waals surface area contributed by atoms with Crippen molar-refractivity contribution in [3.05, 3.63) is 54.4 Å². The van der Waals surface area contributed by atoms with Crippen molar-refractivity contribution in [2.24, 2.45) is 0 Å². The highest BCUT2D eigenvalue weighted by Gasteiger charge is 2.21. The van der Waals surface area contributed by atoms with E-state index in [1.807, 2.05) is 29.2 Å². The lowest BCUT2D eigenvalue weighted by Crippen LogP contribution is -2.49. The van der Waals surface area contributed by atoms with E-state index in [9.17, 15) is 4.79 Å². The highest BCUT2D eigenvalue weighted by atomic mass is 16.5. The Hall–Kier alpha value is -2.56. The number of ether oxygens (including phenoxy) is 1. The smallest absolute Gasteiger partial charge is 0.227 e. The summed E-state index contributed by atoms with van der Waals surface area (Å²) in [6.45, 7) is 3.23. The van der Waals surface area contributed by atoms with E-state index in [2.05, 4.69) is 22.0 Å². The van der Waals surface area contributed by atoms with Gasteiger partial charge in [-0.05, 0) is 42.0 Å². The van der Waals surface area contributed by atoms with Crippen LogP contribution in [-0.4, -0.2) is 49.1 Å². The topological polar surface area (TPSA) is 45.7 Å². The molecular weight excluding hydrogens is 290 g/mol. The average Bonchev–Trinajstić information content (AvgIpc) is 2.63. The molecule has 1 aromatic carbocycles. The average molecular weight is 311 g/mol. The molecule has 2 heterocycles. The number of aromatic nitrogens is 1. The minimum absolute atomic E-state index is 0.186. The fourth-order valence-corrected chi connectivity index (χ4v) is 2.79. The maximum Gasteiger partial charge on any atom is 0.227 e. The van der Waals surface area contributed by atoms with Crippen molar-refractivity contribution >= 4 is 11.6 Å². The molecule has 120 valence electrons. The number of amides is 1. The summed E-state index contributed by atoms with van der Waals surface area (Å²) in [5, 5.41) is 0. The molecule has 1 fully saturated rings. The molecule has 5 heteroatoms. The van der Waals surface area contributed by atoms with Crippen LogP contribution in [-0.2, 0) is 11.2 Å². The number of piperazine rings is 1. The number of rotatable bonds is 4. The largest absolute Gasteiger partial charge is 0.497 e. The molecule has 0 N–H and O–H groups in total. The van der Waals surface area contributed by atoms with E-state index in [-0.39, 0.29) is 5.91 Å². The molecule has 23 heavy (non-hydrogen) atoms. The van der Waals surface area contributed by atoms with Crippen molar-refractivity contribution in [3.8, 4) is 5.75 Å². The third kappa shape index (κ3) is 3.80. The summed E-state index contributed by atoms with van der Waals surface area (Å²) in [6.07, 6.45) is 3.90. The second kappa shape index (κ2) is 7.13. The molecule has 0 saturated carbocycles. The van der Waals surface area contributed by atoms with Gasteiger partial charge in [0, 0.05) is 44.3 Å². The molecule has 2 aromatic rings. The van der Waals surface area contributed by atoms with Crippen LogP contribution in [0.3, 0.4) is 0 Å². The van der Waals surface area contributed by atoms with Gasteiger partial charge in [-0.25, -0.2) is 0 Å². The Morgan fingerprint density at radius 3 is 2.30 bits per heavy atom. The van der Waals surface area contributed by atoms with Gasteiger partial charge >= 0.3 is 0 Å². The standard InChI is InChI=1S/C18H21N3O2/c1-23-17-4-2-16(3-5-17)20-10-12-21(13-11-20)18(22)14-15-6-8-19-9-7-15/h2-9H,10-14H2,1H3. The lowest BCUT2D eigenvalue weighted by molar-refractivity contribution is -0.130. The van der Waals surface area contributed by atoms with Crippen molar-refractivity contribution in [3.63, 3.8) is 0 Å². The SMILES string of the molecule is COc1ccc(N2CCN(C(=O)Cc3ccncc3)CC2)cc1. The lowest BCUT2D eigenvalue weighted by Gasteiger charge is -2.36. The molecule has 1 amide bonds. The van der Waals surface area contributed by atoms with Gasteiger partial charge in [0.1, 0.15) is 5.75 Å². The number of carbonyl (C=O) groups is 1. The molecule has 0 spiro atoms. The third-order valence-corrected chi connectivity index (χ3v) is 4.17. The molecule has 0 atom stereocenters.